The molecule has 0 N–H and O–H groups in total. The molecule has 0 unspecified atom stereocenters. The van der Waals surface area contributed by atoms with Gasteiger partial charge in [0.2, 0.25) is 10.0 Å². The highest BCUT2D eigenvalue weighted by Gasteiger charge is 2.26. The van der Waals surface area contributed by atoms with Crippen LogP contribution in [0.2, 0.25) is 0 Å². The molecule has 2 aromatic rings. The molecule has 1 fully saturated rings. The lowest BCUT2D eigenvalue weighted by Gasteiger charge is -2.32. The monoisotopic (exact) mass is 377 g/mol. The topological polar surface area (TPSA) is 66.7 Å². The zero-order chi connectivity index (χ0) is 18.7. The van der Waals surface area contributed by atoms with Crippen molar-refractivity contribution >= 4 is 21.0 Å². The quantitative estimate of drug-likeness (QED) is 0.742. The molecule has 3 rings (SSSR count). The summed E-state index contributed by atoms with van der Waals surface area (Å²) in [5, 5.41) is 6.47. The predicted octanol–water partition coefficient (Wildman–Crippen LogP) is 3.11. The smallest absolute Gasteiger partial charge is 0.235 e. The molecule has 0 atom stereocenters. The number of sulfonamides is 1. The largest absolute Gasteiger partial charge is 0.356 e. The van der Waals surface area contributed by atoms with E-state index >= 15 is 0 Å². The molecule has 0 amide bonds. The summed E-state index contributed by atoms with van der Waals surface area (Å²) in [5.74, 6) is 0.397. The molecule has 1 aliphatic heterocycles. The molecule has 0 saturated carbocycles. The van der Waals surface area contributed by atoms with Crippen molar-refractivity contribution in [2.75, 3.05) is 32.7 Å². The van der Waals surface area contributed by atoms with E-state index in [-0.39, 0.29) is 0 Å². The van der Waals surface area contributed by atoms with Gasteiger partial charge in [-0.05, 0) is 45.0 Å². The summed E-state index contributed by atoms with van der Waals surface area (Å²) in [5.41, 5.74) is 3.12. The van der Waals surface area contributed by atoms with Crippen LogP contribution in [0.1, 0.15) is 36.9 Å². The number of piperidine rings is 1. The van der Waals surface area contributed by atoms with Crippen molar-refractivity contribution in [3.63, 3.8) is 0 Å². The summed E-state index contributed by atoms with van der Waals surface area (Å²) >= 11 is 0. The van der Waals surface area contributed by atoms with Crippen LogP contribution in [-0.2, 0) is 10.0 Å². The van der Waals surface area contributed by atoms with Gasteiger partial charge in [0, 0.05) is 36.3 Å². The number of likely N-dealkylation sites (N-methyl/N-ethyl adjacent to an activating group) is 1. The molecule has 1 aromatic heterocycles. The van der Waals surface area contributed by atoms with Crippen LogP contribution < -0.4 is 0 Å². The van der Waals surface area contributed by atoms with Gasteiger partial charge in [-0.3, -0.25) is 0 Å². The van der Waals surface area contributed by atoms with E-state index in [1.807, 2.05) is 19.1 Å². The van der Waals surface area contributed by atoms with Crippen molar-refractivity contribution in [3.05, 3.63) is 41.4 Å². The maximum absolute atomic E-state index is 11.9. The molecular weight excluding hydrogens is 350 g/mol. The first kappa shape index (κ1) is 19.1. The third-order valence-electron chi connectivity index (χ3n) is 5.22. The first-order chi connectivity index (χ1) is 12.4. The second kappa shape index (κ2) is 7.90. The predicted molar refractivity (Wildman–Crippen MR) is 104 cm³/mol. The molecule has 1 saturated heterocycles. The lowest BCUT2D eigenvalue weighted by molar-refractivity contribution is 0.198. The van der Waals surface area contributed by atoms with Gasteiger partial charge >= 0.3 is 0 Å². The van der Waals surface area contributed by atoms with Crippen molar-refractivity contribution in [1.82, 2.24) is 14.4 Å². The van der Waals surface area contributed by atoms with Gasteiger partial charge in [-0.2, -0.15) is 4.31 Å². The van der Waals surface area contributed by atoms with E-state index in [4.69, 9.17) is 4.52 Å². The normalized spacial score (nSPS) is 17.2. The Kier molecular flexibility index (Phi) is 5.79. The third kappa shape index (κ3) is 4.00. The highest BCUT2D eigenvalue weighted by Crippen LogP contribution is 2.32. The van der Waals surface area contributed by atoms with Crippen molar-refractivity contribution in [1.29, 1.82) is 0 Å². The molecule has 0 radical (unpaired) electrons. The van der Waals surface area contributed by atoms with Crippen LogP contribution in [0.25, 0.3) is 11.0 Å². The molecule has 1 aromatic carbocycles. The van der Waals surface area contributed by atoms with E-state index in [2.05, 4.69) is 29.6 Å². The lowest BCUT2D eigenvalue weighted by atomic mass is 9.91. The summed E-state index contributed by atoms with van der Waals surface area (Å²) in [7, 11) is -3.34. The summed E-state index contributed by atoms with van der Waals surface area (Å²) in [6, 6.07) is 6.17. The van der Waals surface area contributed by atoms with E-state index in [1.165, 1.54) is 9.87 Å². The fourth-order valence-corrected chi connectivity index (χ4v) is 4.53. The number of rotatable bonds is 7. The standard InChI is InChI=1S/C19H27N3O3S/c1-4-22(26(23,24)5-2)13-12-21-10-8-16(9-11-21)19-17-14-15(3)6-7-18(17)25-20-19/h5-7,14,16H,2,4,8-13H2,1,3H3. The molecular formula is C19H27N3O3S. The van der Waals surface area contributed by atoms with Gasteiger partial charge in [-0.25, -0.2) is 8.42 Å². The van der Waals surface area contributed by atoms with Crippen molar-refractivity contribution in [2.24, 2.45) is 0 Å². The van der Waals surface area contributed by atoms with Crippen molar-refractivity contribution in [3.8, 4) is 0 Å². The van der Waals surface area contributed by atoms with E-state index in [0.29, 0.717) is 19.0 Å². The minimum Gasteiger partial charge on any atom is -0.356 e. The van der Waals surface area contributed by atoms with E-state index in [1.54, 1.807) is 0 Å². The van der Waals surface area contributed by atoms with Gasteiger partial charge in [0.05, 0.1) is 5.69 Å². The molecule has 6 nitrogen and oxygen atoms in total. The van der Waals surface area contributed by atoms with Crippen molar-refractivity contribution < 1.29 is 12.9 Å². The van der Waals surface area contributed by atoms with E-state index in [9.17, 15) is 8.42 Å². The molecule has 1 aliphatic rings. The molecule has 0 aliphatic carbocycles. The molecule has 7 heteroatoms. The van der Waals surface area contributed by atoms with Gasteiger partial charge in [0.15, 0.2) is 5.58 Å². The summed E-state index contributed by atoms with van der Waals surface area (Å²) in [6.07, 6.45) is 2.02. The van der Waals surface area contributed by atoms with Crippen LogP contribution in [0.3, 0.4) is 0 Å². The van der Waals surface area contributed by atoms with Crippen LogP contribution in [-0.4, -0.2) is 55.5 Å². The Morgan fingerprint density at radius 2 is 2.12 bits per heavy atom. The number of fused-ring (bicyclic) bond motifs is 1. The number of benzene rings is 1. The number of likely N-dealkylation sites (tertiary alicyclic amines) is 1. The fraction of sp³-hybridized carbons (Fsp3) is 0.526. The van der Waals surface area contributed by atoms with E-state index in [0.717, 1.165) is 54.5 Å². The van der Waals surface area contributed by atoms with Gasteiger partial charge in [0.1, 0.15) is 0 Å². The highest BCUT2D eigenvalue weighted by atomic mass is 32.2. The minimum atomic E-state index is -3.34. The number of hydrogen-bond acceptors (Lipinski definition) is 5. The van der Waals surface area contributed by atoms with Crippen LogP contribution in [0.5, 0.6) is 0 Å². The van der Waals surface area contributed by atoms with Crippen LogP contribution in [0, 0.1) is 6.92 Å². The Bertz CT molecular complexity index is 867. The number of aryl methyl sites for hydroxylation is 1. The average Bonchev–Trinajstić information content (AvgIpc) is 3.05. The third-order valence-corrected chi connectivity index (χ3v) is 6.80. The minimum absolute atomic E-state index is 0.397. The summed E-state index contributed by atoms with van der Waals surface area (Å²) < 4.78 is 30.8. The maximum atomic E-state index is 11.9. The number of hydrogen-bond donors (Lipinski definition) is 0. The van der Waals surface area contributed by atoms with Gasteiger partial charge in [0.25, 0.3) is 0 Å². The maximum Gasteiger partial charge on any atom is 0.235 e. The summed E-state index contributed by atoms with van der Waals surface area (Å²) in [6.45, 7) is 10.9. The Balaban J connectivity index is 1.59. The zero-order valence-electron chi connectivity index (χ0n) is 15.5. The number of nitrogens with zero attached hydrogens (tertiary/aromatic N) is 3. The van der Waals surface area contributed by atoms with E-state index < -0.39 is 10.0 Å². The van der Waals surface area contributed by atoms with Gasteiger partial charge in [-0.1, -0.05) is 30.3 Å². The fourth-order valence-electron chi connectivity index (χ4n) is 3.62. The second-order valence-corrected chi connectivity index (χ2v) is 8.77. The molecule has 0 bridgehead atoms. The highest BCUT2D eigenvalue weighted by molar-refractivity contribution is 7.92. The van der Waals surface area contributed by atoms with Gasteiger partial charge in [-0.15, -0.1) is 0 Å². The molecule has 0 spiro atoms. The molecule has 26 heavy (non-hydrogen) atoms. The lowest BCUT2D eigenvalue weighted by Crippen LogP contribution is -2.40. The van der Waals surface area contributed by atoms with Crippen LogP contribution in [0.15, 0.2) is 34.7 Å². The molecule has 142 valence electrons. The zero-order valence-corrected chi connectivity index (χ0v) is 16.3. The van der Waals surface area contributed by atoms with Crippen molar-refractivity contribution in [2.45, 2.75) is 32.6 Å². The van der Waals surface area contributed by atoms with Gasteiger partial charge < -0.3 is 9.42 Å². The Hall–Kier alpha value is -1.70. The molecule has 2 heterocycles. The first-order valence-electron chi connectivity index (χ1n) is 9.15. The Morgan fingerprint density at radius 3 is 2.77 bits per heavy atom. The summed E-state index contributed by atoms with van der Waals surface area (Å²) in [4.78, 5) is 2.32. The Labute approximate surface area is 155 Å². The number of aromatic nitrogens is 1. The second-order valence-electron chi connectivity index (χ2n) is 6.89. The SMILES string of the molecule is C=CS(=O)(=O)N(CC)CCN1CCC(c2noc3ccc(C)cc23)CC1. The first-order valence-corrected chi connectivity index (χ1v) is 10.7. The van der Waals surface area contributed by atoms with Crippen LogP contribution >= 0.6 is 0 Å². The average molecular weight is 378 g/mol. The Morgan fingerprint density at radius 1 is 1.38 bits per heavy atom. The van der Waals surface area contributed by atoms with Crippen LogP contribution in [0.4, 0.5) is 0 Å².